The minimum Gasteiger partial charge on any atom is -0.368 e. The van der Waals surface area contributed by atoms with Gasteiger partial charge in [0, 0.05) is 25.9 Å². The maximum Gasteiger partial charge on any atom is 0.253 e. The second-order valence-electron chi connectivity index (χ2n) is 6.89. The molecule has 0 radical (unpaired) electrons. The van der Waals surface area contributed by atoms with Gasteiger partial charge in [0.25, 0.3) is 5.91 Å². The van der Waals surface area contributed by atoms with Gasteiger partial charge in [0.15, 0.2) is 5.96 Å². The molecular weight excluding hydrogens is 352 g/mol. The molecule has 6 nitrogen and oxygen atoms in total. The molecular formula is C22H28N4O2. The second-order valence-corrected chi connectivity index (χ2v) is 6.89. The van der Waals surface area contributed by atoms with Gasteiger partial charge in [-0.3, -0.25) is 9.79 Å². The number of carbonyl (C=O) groups is 1. The van der Waals surface area contributed by atoms with E-state index in [4.69, 9.17) is 4.74 Å². The van der Waals surface area contributed by atoms with Crippen LogP contribution in [0.2, 0.25) is 0 Å². The van der Waals surface area contributed by atoms with E-state index in [-0.39, 0.29) is 18.1 Å². The smallest absolute Gasteiger partial charge is 0.253 e. The van der Waals surface area contributed by atoms with Gasteiger partial charge < -0.3 is 20.7 Å². The molecule has 1 amide bonds. The van der Waals surface area contributed by atoms with Crippen LogP contribution in [0.25, 0.3) is 0 Å². The normalized spacial score (nSPS) is 17.8. The third-order valence-corrected chi connectivity index (χ3v) is 4.75. The van der Waals surface area contributed by atoms with Crippen LogP contribution in [0.15, 0.2) is 59.6 Å². The molecule has 28 heavy (non-hydrogen) atoms. The standard InChI is InChI=1S/C22H28N4O2/c1-16(18-9-4-3-5-10-18)25-22(23-2)24-15-17-8-6-11-19(14-17)26-21(27)20-12-7-13-28-20/h3-6,8-11,14,16,20H,7,12-13,15H2,1-2H3,(H,26,27)(H2,23,24,25). The molecule has 3 rings (SSSR count). The number of carbonyl (C=O) groups excluding carboxylic acids is 1. The largest absolute Gasteiger partial charge is 0.368 e. The molecule has 6 heteroatoms. The lowest BCUT2D eigenvalue weighted by Gasteiger charge is -2.18. The van der Waals surface area contributed by atoms with E-state index in [2.05, 4.69) is 40.0 Å². The van der Waals surface area contributed by atoms with Crippen molar-refractivity contribution in [2.45, 2.75) is 38.5 Å². The average Bonchev–Trinajstić information content (AvgIpc) is 3.27. The summed E-state index contributed by atoms with van der Waals surface area (Å²) in [6, 6.07) is 18.2. The highest BCUT2D eigenvalue weighted by atomic mass is 16.5. The van der Waals surface area contributed by atoms with Crippen LogP contribution < -0.4 is 16.0 Å². The number of amides is 1. The number of aliphatic imine (C=N–C) groups is 1. The van der Waals surface area contributed by atoms with Crippen LogP contribution in [-0.2, 0) is 16.1 Å². The summed E-state index contributed by atoms with van der Waals surface area (Å²) in [5.74, 6) is 0.655. The molecule has 148 valence electrons. The fourth-order valence-electron chi connectivity index (χ4n) is 3.18. The Balaban J connectivity index is 1.53. The first-order chi connectivity index (χ1) is 13.7. The van der Waals surface area contributed by atoms with E-state index in [1.165, 1.54) is 5.56 Å². The Bertz CT molecular complexity index is 801. The molecule has 1 fully saturated rings. The predicted molar refractivity (Wildman–Crippen MR) is 112 cm³/mol. The molecule has 0 saturated carbocycles. The van der Waals surface area contributed by atoms with E-state index in [1.807, 2.05) is 42.5 Å². The number of ether oxygens (including phenoxy) is 1. The molecule has 1 saturated heterocycles. The van der Waals surface area contributed by atoms with Crippen LogP contribution in [0.1, 0.15) is 36.9 Å². The maximum absolute atomic E-state index is 12.2. The topological polar surface area (TPSA) is 74.8 Å². The summed E-state index contributed by atoms with van der Waals surface area (Å²) in [6.07, 6.45) is 1.40. The lowest BCUT2D eigenvalue weighted by molar-refractivity contribution is -0.124. The monoisotopic (exact) mass is 380 g/mol. The van der Waals surface area contributed by atoms with E-state index in [0.29, 0.717) is 13.2 Å². The number of rotatable bonds is 6. The summed E-state index contributed by atoms with van der Waals surface area (Å²) in [4.78, 5) is 16.5. The van der Waals surface area contributed by atoms with Crippen molar-refractivity contribution in [3.05, 3.63) is 65.7 Å². The van der Waals surface area contributed by atoms with Gasteiger partial charge in [0.2, 0.25) is 0 Å². The van der Waals surface area contributed by atoms with Crippen LogP contribution in [0.4, 0.5) is 5.69 Å². The van der Waals surface area contributed by atoms with Crippen molar-refractivity contribution in [3.63, 3.8) is 0 Å². The Morgan fingerprint density at radius 1 is 1.21 bits per heavy atom. The van der Waals surface area contributed by atoms with Crippen molar-refractivity contribution >= 4 is 17.6 Å². The molecule has 0 aliphatic carbocycles. The molecule has 1 aliphatic heterocycles. The third-order valence-electron chi connectivity index (χ3n) is 4.75. The van der Waals surface area contributed by atoms with Crippen molar-refractivity contribution in [1.29, 1.82) is 0 Å². The summed E-state index contributed by atoms with van der Waals surface area (Å²) in [5.41, 5.74) is 3.03. The van der Waals surface area contributed by atoms with Crippen molar-refractivity contribution < 1.29 is 9.53 Å². The van der Waals surface area contributed by atoms with E-state index in [1.54, 1.807) is 7.05 Å². The van der Waals surface area contributed by atoms with E-state index < -0.39 is 0 Å². The summed E-state index contributed by atoms with van der Waals surface area (Å²) in [6.45, 7) is 3.36. The van der Waals surface area contributed by atoms with Gasteiger partial charge >= 0.3 is 0 Å². The van der Waals surface area contributed by atoms with Gasteiger partial charge in [-0.25, -0.2) is 0 Å². The van der Waals surface area contributed by atoms with Gasteiger partial charge in [-0.15, -0.1) is 0 Å². The van der Waals surface area contributed by atoms with Crippen molar-refractivity contribution in [2.75, 3.05) is 19.0 Å². The molecule has 1 heterocycles. The summed E-state index contributed by atoms with van der Waals surface area (Å²) in [7, 11) is 1.76. The molecule has 2 aromatic carbocycles. The molecule has 0 bridgehead atoms. The van der Waals surface area contributed by atoms with Crippen molar-refractivity contribution in [2.24, 2.45) is 4.99 Å². The number of anilines is 1. The Morgan fingerprint density at radius 2 is 2.04 bits per heavy atom. The second kappa shape index (κ2) is 9.90. The first kappa shape index (κ1) is 19.9. The molecule has 2 unspecified atom stereocenters. The quantitative estimate of drug-likeness (QED) is 0.531. The van der Waals surface area contributed by atoms with Gasteiger partial charge in [0.05, 0.1) is 6.04 Å². The van der Waals surface area contributed by atoms with E-state index in [9.17, 15) is 4.79 Å². The first-order valence-corrected chi connectivity index (χ1v) is 9.69. The van der Waals surface area contributed by atoms with Crippen LogP contribution in [-0.4, -0.2) is 31.6 Å². The highest BCUT2D eigenvalue weighted by molar-refractivity contribution is 5.94. The summed E-state index contributed by atoms with van der Waals surface area (Å²) in [5, 5.41) is 9.66. The Labute approximate surface area is 166 Å². The number of nitrogens with one attached hydrogen (secondary N) is 3. The molecule has 2 atom stereocenters. The van der Waals surface area contributed by atoms with Gasteiger partial charge in [-0.1, -0.05) is 42.5 Å². The number of nitrogens with zero attached hydrogens (tertiary/aromatic N) is 1. The van der Waals surface area contributed by atoms with Crippen LogP contribution in [0.3, 0.4) is 0 Å². The Morgan fingerprint density at radius 3 is 2.75 bits per heavy atom. The van der Waals surface area contributed by atoms with Crippen LogP contribution in [0, 0.1) is 0 Å². The zero-order valence-corrected chi connectivity index (χ0v) is 16.4. The lowest BCUT2D eigenvalue weighted by Crippen LogP contribution is -2.38. The SMILES string of the molecule is CN=C(NCc1cccc(NC(=O)C2CCCO2)c1)NC(C)c1ccccc1. The summed E-state index contributed by atoms with van der Waals surface area (Å²) < 4.78 is 5.44. The molecule has 3 N–H and O–H groups in total. The highest BCUT2D eigenvalue weighted by Crippen LogP contribution is 2.16. The minimum atomic E-state index is -0.329. The molecule has 2 aromatic rings. The van der Waals surface area contributed by atoms with E-state index >= 15 is 0 Å². The number of benzene rings is 2. The summed E-state index contributed by atoms with van der Waals surface area (Å²) >= 11 is 0. The van der Waals surface area contributed by atoms with E-state index in [0.717, 1.165) is 30.1 Å². The van der Waals surface area contributed by atoms with Crippen molar-refractivity contribution in [3.8, 4) is 0 Å². The first-order valence-electron chi connectivity index (χ1n) is 9.69. The molecule has 0 aromatic heterocycles. The predicted octanol–water partition coefficient (Wildman–Crippen LogP) is 3.23. The third kappa shape index (κ3) is 5.57. The van der Waals surface area contributed by atoms with Gasteiger partial charge in [-0.2, -0.15) is 0 Å². The molecule has 1 aliphatic rings. The van der Waals surface area contributed by atoms with Gasteiger partial charge in [0.1, 0.15) is 6.10 Å². The zero-order chi connectivity index (χ0) is 19.8. The average molecular weight is 380 g/mol. The fraction of sp³-hybridized carbons (Fsp3) is 0.364. The zero-order valence-electron chi connectivity index (χ0n) is 16.4. The van der Waals surface area contributed by atoms with Gasteiger partial charge in [-0.05, 0) is 43.0 Å². The van der Waals surface area contributed by atoms with Crippen molar-refractivity contribution in [1.82, 2.24) is 10.6 Å². The maximum atomic E-state index is 12.2. The number of guanidine groups is 1. The Hall–Kier alpha value is -2.86. The lowest BCUT2D eigenvalue weighted by atomic mass is 10.1. The fourth-order valence-corrected chi connectivity index (χ4v) is 3.18. The number of hydrogen-bond acceptors (Lipinski definition) is 3. The van der Waals surface area contributed by atoms with Crippen LogP contribution in [0.5, 0.6) is 0 Å². The number of hydrogen-bond donors (Lipinski definition) is 3. The Kier molecular flexibility index (Phi) is 7.03. The minimum absolute atomic E-state index is 0.0724. The molecule has 0 spiro atoms. The van der Waals surface area contributed by atoms with Crippen LogP contribution >= 0.6 is 0 Å². The highest BCUT2D eigenvalue weighted by Gasteiger charge is 2.23.